The number of rotatable bonds is 7. The highest BCUT2D eigenvalue weighted by molar-refractivity contribution is 7.11. The average molecular weight is 356 g/mol. The number of aryl methyl sites for hydroxylation is 1. The van der Waals surface area contributed by atoms with Crippen LogP contribution in [-0.2, 0) is 22.7 Å². The second kappa shape index (κ2) is 7.83. The van der Waals surface area contributed by atoms with Crippen LogP contribution in [0.3, 0.4) is 0 Å². The molecule has 0 unspecified atom stereocenters. The fourth-order valence-electron chi connectivity index (χ4n) is 2.92. The Morgan fingerprint density at radius 1 is 1.08 bits per heavy atom. The third-order valence-electron chi connectivity index (χ3n) is 4.41. The molecule has 4 nitrogen and oxygen atoms in total. The quantitative estimate of drug-likeness (QED) is 0.760. The fourth-order valence-corrected chi connectivity index (χ4v) is 3.83. The molecule has 1 aromatic heterocycles. The van der Waals surface area contributed by atoms with Crippen LogP contribution in [0, 0.1) is 6.92 Å². The Kier molecular flexibility index (Phi) is 5.53. The molecular weight excluding hydrogens is 332 g/mol. The Morgan fingerprint density at radius 3 is 2.36 bits per heavy atom. The molecule has 25 heavy (non-hydrogen) atoms. The molecule has 0 saturated heterocycles. The third kappa shape index (κ3) is 4.92. The van der Waals surface area contributed by atoms with Crippen LogP contribution in [0.5, 0.6) is 0 Å². The molecule has 0 N–H and O–H groups in total. The van der Waals surface area contributed by atoms with Gasteiger partial charge in [0.25, 0.3) is 0 Å². The van der Waals surface area contributed by atoms with Crippen LogP contribution in [0.25, 0.3) is 0 Å². The van der Waals surface area contributed by atoms with Crippen molar-refractivity contribution < 1.29 is 9.59 Å². The van der Waals surface area contributed by atoms with E-state index in [0.29, 0.717) is 13.1 Å². The van der Waals surface area contributed by atoms with Crippen molar-refractivity contribution in [1.29, 1.82) is 0 Å². The van der Waals surface area contributed by atoms with E-state index in [2.05, 4.69) is 19.1 Å². The van der Waals surface area contributed by atoms with Gasteiger partial charge in [0.1, 0.15) is 6.54 Å². The average Bonchev–Trinajstić information content (AvgIpc) is 3.34. The van der Waals surface area contributed by atoms with Gasteiger partial charge in [-0.3, -0.25) is 9.59 Å². The molecule has 1 saturated carbocycles. The van der Waals surface area contributed by atoms with Gasteiger partial charge in [0.15, 0.2) is 0 Å². The van der Waals surface area contributed by atoms with Crippen molar-refractivity contribution in [3.05, 3.63) is 57.8 Å². The molecule has 0 spiro atoms. The van der Waals surface area contributed by atoms with Crippen LogP contribution in [0.1, 0.15) is 35.1 Å². The second-order valence-electron chi connectivity index (χ2n) is 6.63. The predicted molar refractivity (Wildman–Crippen MR) is 100 cm³/mol. The number of thiophene rings is 1. The van der Waals surface area contributed by atoms with E-state index in [1.165, 1.54) is 9.75 Å². The highest BCUT2D eigenvalue weighted by atomic mass is 32.1. The molecule has 0 bridgehead atoms. The summed E-state index contributed by atoms with van der Waals surface area (Å²) < 4.78 is 0. The van der Waals surface area contributed by atoms with Crippen molar-refractivity contribution in [3.63, 3.8) is 0 Å². The van der Waals surface area contributed by atoms with Crippen LogP contribution in [-0.4, -0.2) is 34.2 Å². The lowest BCUT2D eigenvalue weighted by atomic mass is 10.2. The minimum atomic E-state index is -0.0116. The summed E-state index contributed by atoms with van der Waals surface area (Å²) in [5, 5.41) is 0. The molecule has 0 atom stereocenters. The van der Waals surface area contributed by atoms with E-state index < -0.39 is 0 Å². The second-order valence-corrected chi connectivity index (χ2v) is 8.00. The van der Waals surface area contributed by atoms with Crippen LogP contribution in [0.2, 0.25) is 0 Å². The van der Waals surface area contributed by atoms with E-state index in [-0.39, 0.29) is 24.4 Å². The number of amides is 2. The van der Waals surface area contributed by atoms with Gasteiger partial charge >= 0.3 is 0 Å². The first-order chi connectivity index (χ1) is 12.0. The number of hydrogen-bond donors (Lipinski definition) is 0. The zero-order valence-corrected chi connectivity index (χ0v) is 15.6. The van der Waals surface area contributed by atoms with E-state index >= 15 is 0 Å². The first-order valence-corrected chi connectivity index (χ1v) is 9.49. The summed E-state index contributed by atoms with van der Waals surface area (Å²) in [5.74, 6) is -0.000477. The molecule has 2 aromatic rings. The molecule has 132 valence electrons. The molecule has 5 heteroatoms. The maximum absolute atomic E-state index is 12.9. The minimum Gasteiger partial charge on any atom is -0.332 e. The molecule has 0 radical (unpaired) electrons. The molecule has 1 heterocycles. The first-order valence-electron chi connectivity index (χ1n) is 8.67. The summed E-state index contributed by atoms with van der Waals surface area (Å²) in [5.41, 5.74) is 1.10. The first kappa shape index (κ1) is 17.7. The molecule has 1 fully saturated rings. The number of carbonyl (C=O) groups excluding carboxylic acids is 2. The molecule has 1 aliphatic rings. The van der Waals surface area contributed by atoms with Gasteiger partial charge in [0, 0.05) is 29.3 Å². The van der Waals surface area contributed by atoms with Crippen molar-refractivity contribution >= 4 is 23.2 Å². The van der Waals surface area contributed by atoms with Gasteiger partial charge in [-0.15, -0.1) is 11.3 Å². The smallest absolute Gasteiger partial charge is 0.242 e. The number of hydrogen-bond acceptors (Lipinski definition) is 3. The molecule has 0 aliphatic heterocycles. The minimum absolute atomic E-state index is 0.0111. The van der Waals surface area contributed by atoms with E-state index in [9.17, 15) is 9.59 Å². The molecular formula is C20H24N2O2S. The number of nitrogens with zero attached hydrogens (tertiary/aromatic N) is 2. The largest absolute Gasteiger partial charge is 0.332 e. The van der Waals surface area contributed by atoms with E-state index in [4.69, 9.17) is 0 Å². The molecule has 1 aromatic carbocycles. The topological polar surface area (TPSA) is 40.6 Å². The van der Waals surface area contributed by atoms with Crippen LogP contribution < -0.4 is 0 Å². The normalized spacial score (nSPS) is 13.5. The van der Waals surface area contributed by atoms with E-state index in [1.807, 2.05) is 35.2 Å². The zero-order valence-electron chi connectivity index (χ0n) is 14.8. The van der Waals surface area contributed by atoms with Crippen molar-refractivity contribution in [1.82, 2.24) is 9.80 Å². The van der Waals surface area contributed by atoms with Crippen LogP contribution in [0.4, 0.5) is 0 Å². The van der Waals surface area contributed by atoms with Gasteiger partial charge in [-0.1, -0.05) is 30.3 Å². The zero-order chi connectivity index (χ0) is 17.8. The van der Waals surface area contributed by atoms with Gasteiger partial charge in [-0.2, -0.15) is 0 Å². The van der Waals surface area contributed by atoms with Gasteiger partial charge in [-0.05, 0) is 37.5 Å². The van der Waals surface area contributed by atoms with Crippen molar-refractivity contribution in [2.45, 2.75) is 45.8 Å². The van der Waals surface area contributed by atoms with Gasteiger partial charge in [-0.25, -0.2) is 0 Å². The Labute approximate surface area is 153 Å². The molecule has 3 rings (SSSR count). The lowest BCUT2D eigenvalue weighted by Gasteiger charge is -2.27. The predicted octanol–water partition coefficient (Wildman–Crippen LogP) is 3.60. The Hall–Kier alpha value is -2.14. The standard InChI is InChI=1S/C20H24N2O2S/c1-15-8-11-19(25-15)13-21(12-17-6-4-3-5-7-17)20(24)14-22(16(2)23)18-9-10-18/h3-8,11,18H,9-10,12-14H2,1-2H3. The summed E-state index contributed by atoms with van der Waals surface area (Å²) in [4.78, 5) is 30.8. The van der Waals surface area contributed by atoms with Gasteiger partial charge < -0.3 is 9.80 Å². The van der Waals surface area contributed by atoms with Crippen molar-refractivity contribution in [3.8, 4) is 0 Å². The summed E-state index contributed by atoms with van der Waals surface area (Å²) in [6.45, 7) is 4.95. The Bertz CT molecular complexity index is 737. The highest BCUT2D eigenvalue weighted by Gasteiger charge is 2.33. The maximum atomic E-state index is 12.9. The number of benzene rings is 1. The van der Waals surface area contributed by atoms with Crippen LogP contribution >= 0.6 is 11.3 Å². The monoisotopic (exact) mass is 356 g/mol. The van der Waals surface area contributed by atoms with Gasteiger partial charge in [0.2, 0.25) is 11.8 Å². The Morgan fingerprint density at radius 2 is 1.80 bits per heavy atom. The Balaban J connectivity index is 1.74. The lowest BCUT2D eigenvalue weighted by molar-refractivity contribution is -0.140. The van der Waals surface area contributed by atoms with Crippen LogP contribution in [0.15, 0.2) is 42.5 Å². The van der Waals surface area contributed by atoms with E-state index in [0.717, 1.165) is 18.4 Å². The van der Waals surface area contributed by atoms with Crippen molar-refractivity contribution in [2.24, 2.45) is 0 Å². The molecule has 2 amide bonds. The maximum Gasteiger partial charge on any atom is 0.242 e. The summed E-state index contributed by atoms with van der Waals surface area (Å²) >= 11 is 1.71. The van der Waals surface area contributed by atoms with Gasteiger partial charge in [0.05, 0.1) is 6.54 Å². The summed E-state index contributed by atoms with van der Waals surface area (Å²) in [7, 11) is 0. The lowest BCUT2D eigenvalue weighted by Crippen LogP contribution is -2.42. The third-order valence-corrected chi connectivity index (χ3v) is 5.39. The van der Waals surface area contributed by atoms with Crippen molar-refractivity contribution in [2.75, 3.05) is 6.54 Å². The molecule has 1 aliphatic carbocycles. The summed E-state index contributed by atoms with van der Waals surface area (Å²) in [6.07, 6.45) is 2.02. The van der Waals surface area contributed by atoms with E-state index in [1.54, 1.807) is 23.2 Å². The fraction of sp³-hybridized carbons (Fsp3) is 0.400. The summed E-state index contributed by atoms with van der Waals surface area (Å²) in [6, 6.07) is 14.4. The SMILES string of the molecule is CC(=O)N(CC(=O)N(Cc1ccccc1)Cc1ccc(C)s1)C1CC1. The number of carbonyl (C=O) groups is 2. The highest BCUT2D eigenvalue weighted by Crippen LogP contribution is 2.27.